The van der Waals surface area contributed by atoms with E-state index in [4.69, 9.17) is 0 Å². The fourth-order valence-electron chi connectivity index (χ4n) is 3.83. The Hall–Kier alpha value is -3.98. The standard InChI is InChI=1S/C25H26FN7O/c26-18-4-1-2-5-19(18)30-24(17-8-9-17)32-23-7-3-6-20(29-23)25(34)31-21-16-28-11-10-22(21)33-14-12-27-13-15-33/h1-7,10-11,16,27,30H,8-9,12-15H2,(H,29,32)(H,31,34). The van der Waals surface area contributed by atoms with Crippen molar-refractivity contribution in [2.75, 3.05) is 47.0 Å². The third-order valence-electron chi connectivity index (χ3n) is 5.73. The van der Waals surface area contributed by atoms with Gasteiger partial charge in [0.1, 0.15) is 23.1 Å². The third kappa shape index (κ3) is 5.15. The molecule has 0 radical (unpaired) electrons. The maximum atomic E-state index is 14.1. The van der Waals surface area contributed by atoms with E-state index in [1.165, 1.54) is 6.07 Å². The number of allylic oxidation sites excluding steroid dienone is 1. The molecule has 174 valence electrons. The Labute approximate surface area is 197 Å². The molecule has 4 N–H and O–H groups in total. The number of nitrogens with one attached hydrogen (secondary N) is 4. The smallest absolute Gasteiger partial charge is 0.274 e. The van der Waals surface area contributed by atoms with E-state index in [2.05, 4.69) is 36.1 Å². The lowest BCUT2D eigenvalue weighted by Gasteiger charge is -2.30. The molecule has 0 bridgehead atoms. The minimum atomic E-state index is -0.333. The van der Waals surface area contributed by atoms with Crippen molar-refractivity contribution in [1.29, 1.82) is 0 Å². The monoisotopic (exact) mass is 459 g/mol. The maximum Gasteiger partial charge on any atom is 0.274 e. The van der Waals surface area contributed by atoms with Gasteiger partial charge in [0.25, 0.3) is 5.91 Å². The second-order valence-corrected chi connectivity index (χ2v) is 8.20. The summed E-state index contributed by atoms with van der Waals surface area (Å²) in [7, 11) is 0. The second-order valence-electron chi connectivity index (χ2n) is 8.20. The highest BCUT2D eigenvalue weighted by Crippen LogP contribution is 2.33. The lowest BCUT2D eigenvalue weighted by atomic mass is 10.2. The number of aromatic nitrogens is 2. The van der Waals surface area contributed by atoms with E-state index in [1.54, 1.807) is 48.8 Å². The summed E-state index contributed by atoms with van der Waals surface area (Å²) < 4.78 is 14.1. The number of piperazine rings is 1. The van der Waals surface area contributed by atoms with Gasteiger partial charge in [0.15, 0.2) is 0 Å². The Bertz CT molecular complexity index is 1220. The molecule has 1 saturated carbocycles. The summed E-state index contributed by atoms with van der Waals surface area (Å²) in [5, 5.41) is 12.6. The summed E-state index contributed by atoms with van der Waals surface area (Å²) in [6.07, 6.45) is 5.25. The van der Waals surface area contributed by atoms with Crippen LogP contribution in [0.2, 0.25) is 0 Å². The van der Waals surface area contributed by atoms with Gasteiger partial charge in [-0.2, -0.15) is 0 Å². The predicted octanol–water partition coefficient (Wildman–Crippen LogP) is 3.81. The molecule has 5 rings (SSSR count). The first kappa shape index (κ1) is 21.8. The summed E-state index contributed by atoms with van der Waals surface area (Å²) in [6.45, 7) is 3.50. The number of pyridine rings is 2. The molecule has 2 aliphatic rings. The van der Waals surface area contributed by atoms with Crippen molar-refractivity contribution in [2.24, 2.45) is 0 Å². The van der Waals surface area contributed by atoms with Crippen molar-refractivity contribution in [3.63, 3.8) is 0 Å². The van der Waals surface area contributed by atoms with E-state index < -0.39 is 0 Å². The number of benzene rings is 1. The van der Waals surface area contributed by atoms with Gasteiger partial charge in [-0.05, 0) is 48.7 Å². The molecule has 9 heteroatoms. The van der Waals surface area contributed by atoms with Crippen LogP contribution in [0.3, 0.4) is 0 Å². The summed E-state index contributed by atoms with van der Waals surface area (Å²) in [5.41, 5.74) is 3.39. The van der Waals surface area contributed by atoms with Gasteiger partial charge in [0, 0.05) is 32.4 Å². The SMILES string of the molecule is O=C(Nc1cnccc1N1CCNCC1)c1cccc(NC(Nc2ccccc2F)=C2CC2)n1. The van der Waals surface area contributed by atoms with E-state index in [0.29, 0.717) is 23.0 Å². The molecule has 1 amide bonds. The van der Waals surface area contributed by atoms with Crippen LogP contribution >= 0.6 is 0 Å². The molecule has 8 nitrogen and oxygen atoms in total. The van der Waals surface area contributed by atoms with Crippen LogP contribution in [0.5, 0.6) is 0 Å². The van der Waals surface area contributed by atoms with Gasteiger partial charge in [0.05, 0.1) is 23.3 Å². The normalized spacial score (nSPS) is 15.0. The first-order chi connectivity index (χ1) is 16.7. The first-order valence-electron chi connectivity index (χ1n) is 11.4. The van der Waals surface area contributed by atoms with Crippen molar-refractivity contribution in [3.05, 3.63) is 83.8 Å². The summed E-state index contributed by atoms with van der Waals surface area (Å²) in [4.78, 5) is 23.9. The number of hydrogen-bond acceptors (Lipinski definition) is 7. The number of hydrogen-bond donors (Lipinski definition) is 4. The molecule has 3 heterocycles. The van der Waals surface area contributed by atoms with Crippen molar-refractivity contribution >= 4 is 28.8 Å². The Balaban J connectivity index is 1.31. The topological polar surface area (TPSA) is 94.2 Å². The van der Waals surface area contributed by atoms with E-state index in [0.717, 1.165) is 50.3 Å². The summed E-state index contributed by atoms with van der Waals surface area (Å²) >= 11 is 0. The molecule has 2 fully saturated rings. The largest absolute Gasteiger partial charge is 0.367 e. The van der Waals surface area contributed by atoms with E-state index in [1.807, 2.05) is 6.07 Å². The molecule has 1 saturated heterocycles. The molecule has 1 aliphatic heterocycles. The minimum Gasteiger partial charge on any atom is -0.367 e. The van der Waals surface area contributed by atoms with Gasteiger partial charge in [-0.1, -0.05) is 18.2 Å². The van der Waals surface area contributed by atoms with Crippen LogP contribution in [0.15, 0.2) is 72.3 Å². The van der Waals surface area contributed by atoms with Gasteiger partial charge in [-0.25, -0.2) is 9.37 Å². The van der Waals surface area contributed by atoms with Crippen molar-refractivity contribution < 1.29 is 9.18 Å². The summed E-state index contributed by atoms with van der Waals surface area (Å²) in [5.74, 6) is 0.541. The van der Waals surface area contributed by atoms with Gasteiger partial charge < -0.3 is 26.2 Å². The molecule has 1 aromatic carbocycles. The zero-order valence-electron chi connectivity index (χ0n) is 18.6. The van der Waals surface area contributed by atoms with Gasteiger partial charge in [0.2, 0.25) is 0 Å². The van der Waals surface area contributed by atoms with Gasteiger partial charge in [-0.3, -0.25) is 9.78 Å². The highest BCUT2D eigenvalue weighted by molar-refractivity contribution is 6.04. The predicted molar refractivity (Wildman–Crippen MR) is 131 cm³/mol. The highest BCUT2D eigenvalue weighted by Gasteiger charge is 2.21. The van der Waals surface area contributed by atoms with Crippen molar-refractivity contribution in [1.82, 2.24) is 15.3 Å². The Morgan fingerprint density at radius 3 is 2.56 bits per heavy atom. The van der Waals surface area contributed by atoms with Gasteiger partial charge >= 0.3 is 0 Å². The first-order valence-corrected chi connectivity index (χ1v) is 11.4. The molecule has 0 unspecified atom stereocenters. The van der Waals surface area contributed by atoms with Crippen LogP contribution in [0.4, 0.5) is 27.3 Å². The number of para-hydroxylation sites is 1. The molecule has 0 atom stereocenters. The van der Waals surface area contributed by atoms with Crippen LogP contribution in [0.25, 0.3) is 0 Å². The molecule has 1 aliphatic carbocycles. The minimum absolute atomic E-state index is 0.270. The van der Waals surface area contributed by atoms with E-state index in [9.17, 15) is 9.18 Å². The highest BCUT2D eigenvalue weighted by atomic mass is 19.1. The molecular formula is C25H26FN7O. The lowest BCUT2D eigenvalue weighted by molar-refractivity contribution is 0.102. The lowest BCUT2D eigenvalue weighted by Crippen LogP contribution is -2.43. The number of carbonyl (C=O) groups is 1. The number of amides is 1. The van der Waals surface area contributed by atoms with Crippen LogP contribution in [-0.2, 0) is 0 Å². The van der Waals surface area contributed by atoms with E-state index >= 15 is 0 Å². The third-order valence-corrected chi connectivity index (χ3v) is 5.73. The summed E-state index contributed by atoms with van der Waals surface area (Å²) in [6, 6.07) is 13.6. The molecule has 3 aromatic rings. The molecule has 2 aromatic heterocycles. The Kier molecular flexibility index (Phi) is 6.35. The average molecular weight is 460 g/mol. The molecule has 0 spiro atoms. The average Bonchev–Trinajstić information content (AvgIpc) is 3.72. The zero-order valence-corrected chi connectivity index (χ0v) is 18.6. The van der Waals surface area contributed by atoms with Crippen LogP contribution in [0.1, 0.15) is 23.3 Å². The quantitative estimate of drug-likeness (QED) is 0.427. The van der Waals surface area contributed by atoms with Gasteiger partial charge in [-0.15, -0.1) is 0 Å². The Morgan fingerprint density at radius 1 is 0.941 bits per heavy atom. The van der Waals surface area contributed by atoms with Crippen molar-refractivity contribution in [2.45, 2.75) is 12.8 Å². The zero-order chi connectivity index (χ0) is 23.3. The number of rotatable bonds is 7. The number of nitrogens with zero attached hydrogens (tertiary/aromatic N) is 3. The Morgan fingerprint density at radius 2 is 1.76 bits per heavy atom. The molecule has 34 heavy (non-hydrogen) atoms. The maximum absolute atomic E-state index is 14.1. The van der Waals surface area contributed by atoms with Crippen molar-refractivity contribution in [3.8, 4) is 0 Å². The van der Waals surface area contributed by atoms with Crippen LogP contribution in [-0.4, -0.2) is 42.1 Å². The second kappa shape index (κ2) is 9.88. The van der Waals surface area contributed by atoms with Crippen LogP contribution in [0, 0.1) is 5.82 Å². The number of anilines is 4. The fourth-order valence-corrected chi connectivity index (χ4v) is 3.83. The number of halogens is 1. The van der Waals surface area contributed by atoms with Crippen LogP contribution < -0.4 is 26.2 Å². The van der Waals surface area contributed by atoms with E-state index in [-0.39, 0.29) is 17.4 Å². The number of carbonyl (C=O) groups excluding carboxylic acids is 1. The molecular weight excluding hydrogens is 433 g/mol. The fraction of sp³-hybridized carbons (Fsp3) is 0.240.